The Morgan fingerprint density at radius 2 is 0.527 bits per heavy atom. The normalized spacial score (nSPS) is 53.8. The molecule has 0 heterocycles. The van der Waals surface area contributed by atoms with Crippen molar-refractivity contribution in [3.05, 3.63) is 0 Å². The molecule has 0 heteroatoms. The fourth-order valence-electron chi connectivity index (χ4n) is 37.7. The van der Waals surface area contributed by atoms with Crippen LogP contribution in [0.15, 0.2) is 0 Å². The zero-order valence-corrected chi connectivity index (χ0v) is 76.0. The Labute approximate surface area is 686 Å². The maximum Gasteiger partial charge on any atom is -0.0292 e. The fourth-order valence-corrected chi connectivity index (χ4v) is 37.7. The van der Waals surface area contributed by atoms with E-state index in [0.717, 1.165) is 200 Å². The molecule has 0 spiro atoms. The first-order chi connectivity index (χ1) is 53.2. The van der Waals surface area contributed by atoms with Crippen molar-refractivity contribution in [2.45, 2.75) is 462 Å². The molecular formula is C110H190. The van der Waals surface area contributed by atoms with Gasteiger partial charge in [0.1, 0.15) is 0 Å². The highest BCUT2D eigenvalue weighted by molar-refractivity contribution is 5.06. The second kappa shape index (κ2) is 37.1. The third-order valence-corrected chi connectivity index (χ3v) is 42.6. The van der Waals surface area contributed by atoms with Crippen molar-refractivity contribution >= 4 is 0 Å². The van der Waals surface area contributed by atoms with E-state index >= 15 is 0 Å². The summed E-state index contributed by atoms with van der Waals surface area (Å²) in [6.07, 6.45) is 92.3. The molecule has 34 rings (SSSR count). The van der Waals surface area contributed by atoms with Gasteiger partial charge in [-0.25, -0.2) is 0 Å². The van der Waals surface area contributed by atoms with Crippen molar-refractivity contribution in [1.82, 2.24) is 0 Å². The summed E-state index contributed by atoms with van der Waals surface area (Å²) in [7, 11) is 0. The summed E-state index contributed by atoms with van der Waals surface area (Å²) in [4.78, 5) is 0. The highest BCUT2D eigenvalue weighted by atomic mass is 14.6. The Kier molecular flexibility index (Phi) is 28.2. The zero-order valence-electron chi connectivity index (χ0n) is 76.0. The molecule has 34 aliphatic rings. The van der Waals surface area contributed by atoms with Crippen molar-refractivity contribution in [2.24, 2.45) is 229 Å². The van der Waals surface area contributed by atoms with Crippen molar-refractivity contribution in [2.75, 3.05) is 0 Å². The summed E-state index contributed by atoms with van der Waals surface area (Å²) in [6, 6.07) is 0. The fraction of sp³-hybridized carbons (Fsp3) is 1.00. The molecule has 630 valence electrons. The topological polar surface area (TPSA) is 0 Å². The minimum absolute atomic E-state index is 0.779. The van der Waals surface area contributed by atoms with Crippen molar-refractivity contribution in [1.29, 1.82) is 0 Å². The lowest BCUT2D eigenvalue weighted by Crippen LogP contribution is -2.44. The molecule has 34 fully saturated rings. The number of hydrogen-bond donors (Lipinski definition) is 0. The van der Waals surface area contributed by atoms with Gasteiger partial charge in [-0.05, 0) is 480 Å². The van der Waals surface area contributed by atoms with Crippen LogP contribution in [0.1, 0.15) is 462 Å². The van der Waals surface area contributed by atoms with Crippen LogP contribution in [0.25, 0.3) is 0 Å². The van der Waals surface area contributed by atoms with Gasteiger partial charge in [0.25, 0.3) is 0 Å². The van der Waals surface area contributed by atoms with Crippen LogP contribution in [0.2, 0.25) is 0 Å². The van der Waals surface area contributed by atoms with Gasteiger partial charge in [-0.15, -0.1) is 0 Å². The highest BCUT2D eigenvalue weighted by Crippen LogP contribution is 2.66. The number of rotatable bonds is 0. The van der Waals surface area contributed by atoms with E-state index in [2.05, 4.69) is 69.2 Å². The van der Waals surface area contributed by atoms with Gasteiger partial charge in [0.05, 0.1) is 0 Å². The molecule has 110 heavy (non-hydrogen) atoms. The largest absolute Gasteiger partial charge is 0.0683 e. The van der Waals surface area contributed by atoms with Crippen LogP contribution in [0.4, 0.5) is 0 Å². The van der Waals surface area contributed by atoms with Crippen LogP contribution >= 0.6 is 0 Å². The molecule has 34 saturated carbocycles. The molecule has 14 unspecified atom stereocenters. The van der Waals surface area contributed by atoms with Gasteiger partial charge in [-0.1, -0.05) is 212 Å². The van der Waals surface area contributed by atoms with Crippen LogP contribution in [-0.2, 0) is 0 Å². The monoisotopic (exact) mass is 1510 g/mol. The molecule has 0 amide bonds. The van der Waals surface area contributed by atoms with E-state index in [9.17, 15) is 0 Å². The molecule has 32 bridgehead atoms. The highest BCUT2D eigenvalue weighted by Gasteiger charge is 2.56. The third-order valence-electron chi connectivity index (χ3n) is 42.6. The lowest BCUT2D eigenvalue weighted by molar-refractivity contribution is -0.0411. The number of fused-ring (bicyclic) bond motifs is 14. The lowest BCUT2D eigenvalue weighted by atomic mass is 9.50. The second-order valence-electron chi connectivity index (χ2n) is 51.0. The van der Waals surface area contributed by atoms with Gasteiger partial charge >= 0.3 is 0 Å². The molecule has 14 atom stereocenters. The first kappa shape index (κ1) is 83.6. The zero-order chi connectivity index (χ0) is 76.0. The van der Waals surface area contributed by atoms with E-state index in [1.807, 2.05) is 13.8 Å². The average molecular weight is 1510 g/mol. The van der Waals surface area contributed by atoms with Crippen molar-refractivity contribution in [3.63, 3.8) is 0 Å². The van der Waals surface area contributed by atoms with Gasteiger partial charge in [-0.2, -0.15) is 0 Å². The molecule has 0 aromatic heterocycles. The summed E-state index contributed by atoms with van der Waals surface area (Å²) in [5.74, 6) is 40.8. The summed E-state index contributed by atoms with van der Waals surface area (Å²) in [5.41, 5.74) is 2.41. The van der Waals surface area contributed by atoms with E-state index < -0.39 is 0 Å². The van der Waals surface area contributed by atoms with Gasteiger partial charge < -0.3 is 0 Å². The Balaban J connectivity index is 0.0000000918. The molecule has 0 saturated heterocycles. The van der Waals surface area contributed by atoms with Gasteiger partial charge in [0, 0.05) is 0 Å². The van der Waals surface area contributed by atoms with E-state index in [4.69, 9.17) is 0 Å². The van der Waals surface area contributed by atoms with Crippen LogP contribution in [0.5, 0.6) is 0 Å². The lowest BCUT2D eigenvalue weighted by Gasteiger charge is -2.55. The first-order valence-electron chi connectivity index (χ1n) is 53.2. The number of hydrogen-bond acceptors (Lipinski definition) is 0. The quantitative estimate of drug-likeness (QED) is 0.227. The summed E-state index contributed by atoms with van der Waals surface area (Å²) < 4.78 is 0. The van der Waals surface area contributed by atoms with E-state index in [1.165, 1.54) is 145 Å². The van der Waals surface area contributed by atoms with Crippen molar-refractivity contribution < 1.29 is 0 Å². The van der Waals surface area contributed by atoms with Crippen LogP contribution in [0.3, 0.4) is 0 Å². The summed E-state index contributed by atoms with van der Waals surface area (Å²) in [5, 5.41) is 0. The minimum Gasteiger partial charge on any atom is -0.0683 e. The molecular weight excluding hydrogens is 1320 g/mol. The predicted octanol–water partition coefficient (Wildman–Crippen LogP) is 33.6. The smallest absolute Gasteiger partial charge is 0.0292 e. The summed E-state index contributed by atoms with van der Waals surface area (Å²) in [6.45, 7) is 28.8. The van der Waals surface area contributed by atoms with E-state index in [1.54, 1.807) is 263 Å². The van der Waals surface area contributed by atoms with Crippen LogP contribution in [0, 0.1) is 229 Å². The third kappa shape index (κ3) is 20.6. The van der Waals surface area contributed by atoms with Gasteiger partial charge in [0.2, 0.25) is 0 Å². The maximum atomic E-state index is 2.54. The summed E-state index contributed by atoms with van der Waals surface area (Å²) >= 11 is 0. The maximum absolute atomic E-state index is 2.54. The minimum atomic E-state index is 0.779. The predicted molar refractivity (Wildman–Crippen MR) is 473 cm³/mol. The first-order valence-corrected chi connectivity index (χ1v) is 53.2. The van der Waals surface area contributed by atoms with Crippen LogP contribution in [-0.4, -0.2) is 0 Å². The Morgan fingerprint density at radius 3 is 0.900 bits per heavy atom. The molecule has 0 aromatic carbocycles. The standard InChI is InChI=1S/3C11H18.2C10H16.3C10H18.C9H16.2C8H14.C2H6/c1-11-5-8-2-9(6-11)4-10(3-8)7-11;1-7-10-3-8-2-9(5-10)6-11(7)4-8;1-2-9-5-10-3-8(1)4-11(6-9)7-10;1-10-5-7-2-8(6-10)4-9(10)3-7;1-6-8-2-7-3-9(5-8)10(6)4-7;1-10-6-2-4-9(8-10)5-3-7-10;1-8-9-4-2-5-10(8)7-3-6-9;1-8-5-6-9-3-2-4-10(8)7-9;1-7-6-8-2-4-9(7)5-3-8;1-6-2-7-4-8(3-6)5-7;1-6-4-7-2-3-8(6)5-7;1-2/h8-10H,2-7H2,1H3;7-11H,2-6H2,1H3;8-11H,1-7H2;7-9H,2-6H2,1H3;6-10H,2-5H2,1H3;9H,2-8H2,1H3;2*8-10H,2-7H2,1H3;7-9H,2-6H2,1H3;2*6-8H,2-5H2,1H3;1-2H3. The molecule has 34 aliphatic carbocycles. The molecule has 0 radical (unpaired) electrons. The van der Waals surface area contributed by atoms with Gasteiger partial charge in [-0.3, -0.25) is 0 Å². The molecule has 0 N–H and O–H groups in total. The van der Waals surface area contributed by atoms with E-state index in [-0.39, 0.29) is 0 Å². The Hall–Kier alpha value is 0. The molecule has 0 aliphatic heterocycles. The van der Waals surface area contributed by atoms with Gasteiger partial charge in [0.15, 0.2) is 0 Å². The Bertz CT molecular complexity index is 2590. The van der Waals surface area contributed by atoms with Crippen molar-refractivity contribution in [3.8, 4) is 0 Å². The Morgan fingerprint density at radius 1 is 0.191 bits per heavy atom. The average Bonchev–Trinajstić information content (AvgIpc) is 1.67. The van der Waals surface area contributed by atoms with Crippen LogP contribution < -0.4 is 0 Å². The second-order valence-corrected chi connectivity index (χ2v) is 51.0. The SMILES string of the molecule is C1CC2CC3CC1CC(C2)C3.CC.CC12CC3CC(CC(C3)C1)C2.CC12CC3CC(CC1C3)C2.CC12CCCC(CCC1)C2.CC1C2CC3CC(C2)C1C3.CC1C2CC3CC(C2)CC1C3.CC1C2CCCC1CCC2.CC1CC2CC(C1)C2.CC1CC2CCC1C2.CC1CC2CCC1CC2.CC1CCC2CCCC1C2. The molecule has 0 aromatic rings. The van der Waals surface area contributed by atoms with E-state index in [0.29, 0.717) is 0 Å². The molecule has 0 nitrogen and oxygen atoms in total.